The first kappa shape index (κ1) is 39.7. The van der Waals surface area contributed by atoms with Crippen LogP contribution >= 0.6 is 0 Å². The van der Waals surface area contributed by atoms with E-state index in [1.165, 1.54) is 0 Å². The fourth-order valence-corrected chi connectivity index (χ4v) is 8.54. The molecule has 1 aliphatic carbocycles. The highest BCUT2D eigenvalue weighted by Gasteiger charge is 2.59. The Bertz CT molecular complexity index is 1380. The number of aliphatic hydroxyl groups excluding tert-OH is 2. The average Bonchev–Trinajstić information content (AvgIpc) is 3.46. The lowest BCUT2D eigenvalue weighted by Gasteiger charge is -2.44. The maximum Gasteiger partial charge on any atom is 0.316 e. The van der Waals surface area contributed by atoms with Crippen LogP contribution < -0.4 is 0 Å². The largest absolute Gasteiger partial charge is 0.462 e. The number of ether oxygens (including phenoxy) is 9. The normalized spacial score (nSPS) is 48.7. The van der Waals surface area contributed by atoms with Gasteiger partial charge in [0.25, 0.3) is 0 Å². The van der Waals surface area contributed by atoms with Gasteiger partial charge in [0, 0.05) is 45.8 Å². The van der Waals surface area contributed by atoms with Crippen molar-refractivity contribution in [3.63, 3.8) is 0 Å². The molecular weight excluding hydrogens is 676 g/mol. The SMILES string of the molecule is COC1C[C@H](OC2/C(C)=C/C[C@@H]3C[C@@H](CCO3)OC(=O)[C@@H]3C=C(C)[C@@H](O)[C@H]4OC/C(=C\C=C\C2C)C43O)O[C@@H](C)[C@@H]1OC1C[C@H](OC)[C@@H](O)[C@H](C)O1. The van der Waals surface area contributed by atoms with Crippen molar-refractivity contribution in [3.05, 3.63) is 47.1 Å². The molecule has 5 heterocycles. The Morgan fingerprint density at radius 1 is 0.885 bits per heavy atom. The van der Waals surface area contributed by atoms with E-state index in [1.807, 2.05) is 26.0 Å². The zero-order valence-electron chi connectivity index (χ0n) is 31.4. The molecule has 4 fully saturated rings. The van der Waals surface area contributed by atoms with Crippen molar-refractivity contribution in [3.8, 4) is 0 Å². The number of hydrogen-bond acceptors (Lipinski definition) is 13. The van der Waals surface area contributed by atoms with Crippen molar-refractivity contribution in [2.45, 2.75) is 152 Å². The van der Waals surface area contributed by atoms with Gasteiger partial charge in [0.05, 0.1) is 49.8 Å². The Morgan fingerprint density at radius 3 is 2.35 bits per heavy atom. The molecule has 6 aliphatic rings. The number of carbonyl (C=O) groups is 1. The Balaban J connectivity index is 1.23. The van der Waals surface area contributed by atoms with Crippen molar-refractivity contribution in [2.24, 2.45) is 11.8 Å². The lowest BCUT2D eigenvalue weighted by atomic mass is 9.71. The molecule has 0 radical (unpaired) electrons. The van der Waals surface area contributed by atoms with E-state index in [2.05, 4.69) is 13.0 Å². The molecule has 0 amide bonds. The van der Waals surface area contributed by atoms with Crippen molar-refractivity contribution < 1.29 is 62.7 Å². The molecule has 5 aliphatic heterocycles. The van der Waals surface area contributed by atoms with Crippen LogP contribution in [0.5, 0.6) is 0 Å². The van der Waals surface area contributed by atoms with Gasteiger partial charge in [-0.2, -0.15) is 0 Å². The van der Waals surface area contributed by atoms with Gasteiger partial charge in [0.1, 0.15) is 42.0 Å². The predicted octanol–water partition coefficient (Wildman–Crippen LogP) is 3.04. The summed E-state index contributed by atoms with van der Waals surface area (Å²) >= 11 is 0. The van der Waals surface area contributed by atoms with E-state index in [0.717, 1.165) is 5.57 Å². The summed E-state index contributed by atoms with van der Waals surface area (Å²) in [5.41, 5.74) is 0.289. The van der Waals surface area contributed by atoms with E-state index in [0.29, 0.717) is 49.9 Å². The van der Waals surface area contributed by atoms with E-state index in [-0.39, 0.29) is 36.9 Å². The van der Waals surface area contributed by atoms with E-state index in [9.17, 15) is 20.1 Å². The quantitative estimate of drug-likeness (QED) is 0.270. The Morgan fingerprint density at radius 2 is 1.60 bits per heavy atom. The Kier molecular flexibility index (Phi) is 12.8. The van der Waals surface area contributed by atoms with Crippen molar-refractivity contribution in [2.75, 3.05) is 27.4 Å². The van der Waals surface area contributed by atoms with Gasteiger partial charge in [-0.15, -0.1) is 0 Å². The maximum absolute atomic E-state index is 13.7. The van der Waals surface area contributed by atoms with Crippen LogP contribution in [0.15, 0.2) is 47.1 Å². The standard InChI is InChI=1S/C39H58O13/c1-20-9-8-10-25-19-47-37-33(40)22(3)15-28(39(25,37)43)38(42)50-27-13-14-46-26(16-27)12-11-21(2)35(20)51-32-18-30(45-7)36(24(5)49-32)52-31-17-29(44-6)34(41)23(4)48-31/h8-11,15,20,23-24,26-37,40-41,43H,12-14,16-19H2,1-7H3/b9-8+,21-11+,25-10+/t20?,23-,24-,26+,27+,28-,29-,30?,31?,32-,33+,34-,35?,36-,37+,39?/m0/s1. The summed E-state index contributed by atoms with van der Waals surface area (Å²) in [6.07, 6.45) is 4.85. The molecule has 16 atom stereocenters. The molecule has 4 saturated heterocycles. The minimum absolute atomic E-state index is 0.0625. The summed E-state index contributed by atoms with van der Waals surface area (Å²) in [6, 6.07) is 0. The number of fused-ring (bicyclic) bond motifs is 2. The summed E-state index contributed by atoms with van der Waals surface area (Å²) < 4.78 is 55.0. The fraction of sp³-hybridized carbons (Fsp3) is 0.769. The fourth-order valence-electron chi connectivity index (χ4n) is 8.54. The lowest BCUT2D eigenvalue weighted by molar-refractivity contribution is -0.318. The maximum atomic E-state index is 13.7. The number of aliphatic hydroxyl groups is 3. The van der Waals surface area contributed by atoms with Gasteiger partial charge in [-0.05, 0) is 50.8 Å². The Hall–Kier alpha value is -2.01. The van der Waals surface area contributed by atoms with Gasteiger partial charge >= 0.3 is 5.97 Å². The predicted molar refractivity (Wildman–Crippen MR) is 187 cm³/mol. The van der Waals surface area contributed by atoms with E-state index in [1.54, 1.807) is 40.2 Å². The van der Waals surface area contributed by atoms with E-state index < -0.39 is 72.8 Å². The van der Waals surface area contributed by atoms with Crippen LogP contribution in [0.2, 0.25) is 0 Å². The van der Waals surface area contributed by atoms with Crippen LogP contribution in [0, 0.1) is 11.8 Å². The second-order valence-electron chi connectivity index (χ2n) is 15.3. The molecule has 0 saturated carbocycles. The summed E-state index contributed by atoms with van der Waals surface area (Å²) in [4.78, 5) is 13.7. The van der Waals surface area contributed by atoms with Crippen LogP contribution in [0.3, 0.4) is 0 Å². The van der Waals surface area contributed by atoms with Crippen LogP contribution in [-0.2, 0) is 47.4 Å². The van der Waals surface area contributed by atoms with Gasteiger partial charge in [0.2, 0.25) is 0 Å². The number of allylic oxidation sites excluding steroid dienone is 2. The molecule has 0 aromatic carbocycles. The molecule has 292 valence electrons. The summed E-state index contributed by atoms with van der Waals surface area (Å²) in [5.74, 6) is -1.70. The second-order valence-corrected chi connectivity index (χ2v) is 15.3. The molecule has 0 spiro atoms. The molecule has 13 heteroatoms. The first-order valence-corrected chi connectivity index (χ1v) is 18.8. The summed E-state index contributed by atoms with van der Waals surface area (Å²) in [5, 5.41) is 33.5. The van der Waals surface area contributed by atoms with Gasteiger partial charge in [0.15, 0.2) is 12.6 Å². The van der Waals surface area contributed by atoms with Gasteiger partial charge < -0.3 is 58.0 Å². The average molecular weight is 735 g/mol. The van der Waals surface area contributed by atoms with Crippen LogP contribution in [0.1, 0.15) is 66.7 Å². The molecule has 13 nitrogen and oxygen atoms in total. The number of rotatable bonds is 6. The topological polar surface area (TPSA) is 161 Å². The van der Waals surface area contributed by atoms with Crippen LogP contribution in [0.25, 0.3) is 0 Å². The highest BCUT2D eigenvalue weighted by molar-refractivity contribution is 5.78. The zero-order chi connectivity index (χ0) is 37.3. The van der Waals surface area contributed by atoms with E-state index in [4.69, 9.17) is 42.6 Å². The second kappa shape index (κ2) is 16.8. The zero-order valence-corrected chi connectivity index (χ0v) is 31.4. The van der Waals surface area contributed by atoms with Crippen molar-refractivity contribution in [1.29, 1.82) is 0 Å². The van der Waals surface area contributed by atoms with E-state index >= 15 is 0 Å². The summed E-state index contributed by atoms with van der Waals surface area (Å²) in [7, 11) is 3.21. The number of esters is 1. The smallest absolute Gasteiger partial charge is 0.316 e. The number of carbonyl (C=O) groups excluding carboxylic acids is 1. The first-order chi connectivity index (χ1) is 24.8. The molecule has 6 rings (SSSR count). The van der Waals surface area contributed by atoms with Crippen molar-refractivity contribution >= 4 is 5.97 Å². The van der Waals surface area contributed by atoms with Gasteiger partial charge in [-0.3, -0.25) is 4.79 Å². The molecular formula is C39H58O13. The molecule has 0 aromatic rings. The highest BCUT2D eigenvalue weighted by atomic mass is 16.7. The molecule has 2 bridgehead atoms. The third-order valence-corrected chi connectivity index (χ3v) is 11.7. The lowest BCUT2D eigenvalue weighted by Crippen LogP contribution is -2.57. The molecule has 0 aromatic heterocycles. The van der Waals surface area contributed by atoms with Crippen molar-refractivity contribution in [1.82, 2.24) is 0 Å². The van der Waals surface area contributed by atoms with Crippen LogP contribution in [-0.4, -0.2) is 134 Å². The van der Waals surface area contributed by atoms with Gasteiger partial charge in [-0.25, -0.2) is 0 Å². The Labute approximate surface area is 306 Å². The molecule has 3 N–H and O–H groups in total. The minimum Gasteiger partial charge on any atom is -0.462 e. The first-order valence-electron chi connectivity index (χ1n) is 18.8. The summed E-state index contributed by atoms with van der Waals surface area (Å²) in [6.45, 7) is 10.1. The third-order valence-electron chi connectivity index (χ3n) is 11.7. The number of hydrogen-bond donors (Lipinski definition) is 3. The third kappa shape index (κ3) is 8.16. The monoisotopic (exact) mass is 734 g/mol. The van der Waals surface area contributed by atoms with Gasteiger partial charge in [-0.1, -0.05) is 37.3 Å². The van der Waals surface area contributed by atoms with Crippen LogP contribution in [0.4, 0.5) is 0 Å². The highest BCUT2D eigenvalue weighted by Crippen LogP contribution is 2.46. The number of methoxy groups -OCH3 is 2. The minimum atomic E-state index is -1.76. The molecule has 5 unspecified atom stereocenters. The molecule has 52 heavy (non-hydrogen) atoms.